The zero-order valence-electron chi connectivity index (χ0n) is 12.5. The molecule has 0 atom stereocenters. The number of thiazole rings is 1. The average Bonchev–Trinajstić information content (AvgIpc) is 3.02. The van der Waals surface area contributed by atoms with Gasteiger partial charge in [0, 0.05) is 5.02 Å². The number of benzene rings is 2. The maximum absolute atomic E-state index is 9.53. The van der Waals surface area contributed by atoms with Crippen molar-refractivity contribution in [1.82, 2.24) is 4.98 Å². The highest BCUT2D eigenvalue weighted by Crippen LogP contribution is 2.33. The highest BCUT2D eigenvalue weighted by Gasteiger charge is 2.13. The van der Waals surface area contributed by atoms with Crippen LogP contribution in [0.5, 0.6) is 11.5 Å². The molecule has 118 valence electrons. The fourth-order valence-electron chi connectivity index (χ4n) is 2.47. The lowest BCUT2D eigenvalue weighted by molar-refractivity contribution is 0.171. The first-order valence-electron chi connectivity index (χ1n) is 7.31. The fourth-order valence-corrected chi connectivity index (χ4v) is 3.55. The molecule has 0 radical (unpaired) electrons. The number of rotatable bonds is 2. The van der Waals surface area contributed by atoms with Gasteiger partial charge in [-0.15, -0.1) is 11.3 Å². The van der Waals surface area contributed by atoms with Gasteiger partial charge in [-0.1, -0.05) is 17.7 Å². The molecule has 24 heavy (non-hydrogen) atoms. The number of nitriles is 1. The van der Waals surface area contributed by atoms with Gasteiger partial charge < -0.3 is 9.47 Å². The van der Waals surface area contributed by atoms with Crippen molar-refractivity contribution < 1.29 is 9.47 Å². The lowest BCUT2D eigenvalue weighted by Gasteiger charge is -2.18. The van der Waals surface area contributed by atoms with Gasteiger partial charge in [0.25, 0.3) is 0 Å². The lowest BCUT2D eigenvalue weighted by atomic mass is 10.1. The van der Waals surface area contributed by atoms with E-state index in [2.05, 4.69) is 11.1 Å². The summed E-state index contributed by atoms with van der Waals surface area (Å²) >= 11 is 7.47. The topological polar surface area (TPSA) is 55.1 Å². The summed E-state index contributed by atoms with van der Waals surface area (Å²) in [5.74, 6) is 1.43. The maximum atomic E-state index is 9.53. The predicted molar refractivity (Wildman–Crippen MR) is 95.5 cm³/mol. The highest BCUT2D eigenvalue weighted by molar-refractivity contribution is 7.19. The number of hydrogen-bond donors (Lipinski definition) is 0. The predicted octanol–water partition coefficient (Wildman–Crippen LogP) is 4.79. The summed E-state index contributed by atoms with van der Waals surface area (Å²) in [5, 5.41) is 10.8. The van der Waals surface area contributed by atoms with Crippen LogP contribution in [-0.4, -0.2) is 18.2 Å². The quantitative estimate of drug-likeness (QED) is 0.621. The van der Waals surface area contributed by atoms with Gasteiger partial charge in [-0.3, -0.25) is 0 Å². The number of fused-ring (bicyclic) bond motifs is 2. The van der Waals surface area contributed by atoms with Crippen LogP contribution in [0.25, 0.3) is 21.9 Å². The maximum Gasteiger partial charge on any atom is 0.161 e. The smallest absolute Gasteiger partial charge is 0.161 e. The Hall–Kier alpha value is -2.55. The summed E-state index contributed by atoms with van der Waals surface area (Å²) in [6.45, 7) is 1.09. The molecule has 0 saturated carbocycles. The molecule has 2 aromatic carbocycles. The van der Waals surface area contributed by atoms with E-state index in [1.54, 1.807) is 12.1 Å². The summed E-state index contributed by atoms with van der Waals surface area (Å²) in [6, 6.07) is 13.4. The second kappa shape index (κ2) is 6.16. The number of hydrogen-bond acceptors (Lipinski definition) is 5. The van der Waals surface area contributed by atoms with E-state index in [9.17, 15) is 5.26 Å². The van der Waals surface area contributed by atoms with E-state index < -0.39 is 0 Å². The number of ether oxygens (including phenoxy) is 2. The molecule has 3 aromatic rings. The summed E-state index contributed by atoms with van der Waals surface area (Å²) in [4.78, 5) is 4.52. The number of aromatic nitrogens is 1. The van der Waals surface area contributed by atoms with Gasteiger partial charge in [-0.25, -0.2) is 4.98 Å². The third kappa shape index (κ3) is 2.82. The second-order valence-corrected chi connectivity index (χ2v) is 6.67. The molecule has 0 unspecified atom stereocenters. The van der Waals surface area contributed by atoms with E-state index in [1.165, 1.54) is 11.3 Å². The normalized spacial score (nSPS) is 13.8. The SMILES string of the molecule is N#CC(=Cc1ccc2c(c1)OCCO2)c1nc2cc(Cl)ccc2s1. The van der Waals surface area contributed by atoms with Crippen LogP contribution < -0.4 is 9.47 Å². The molecular weight excluding hydrogens is 344 g/mol. The van der Waals surface area contributed by atoms with Gasteiger partial charge >= 0.3 is 0 Å². The molecule has 6 heteroatoms. The van der Waals surface area contributed by atoms with E-state index in [-0.39, 0.29) is 0 Å². The highest BCUT2D eigenvalue weighted by atomic mass is 35.5. The molecule has 2 heterocycles. The summed E-state index contributed by atoms with van der Waals surface area (Å²) < 4.78 is 12.1. The van der Waals surface area contributed by atoms with Crippen molar-refractivity contribution in [3.63, 3.8) is 0 Å². The van der Waals surface area contributed by atoms with Crippen LogP contribution in [0.2, 0.25) is 5.02 Å². The van der Waals surface area contributed by atoms with Crippen LogP contribution in [-0.2, 0) is 0 Å². The molecule has 0 aliphatic carbocycles. The molecule has 1 aliphatic heterocycles. The molecule has 0 bridgehead atoms. The van der Waals surface area contributed by atoms with Gasteiger partial charge in [0.15, 0.2) is 11.5 Å². The first-order valence-corrected chi connectivity index (χ1v) is 8.50. The minimum atomic E-state index is 0.504. The van der Waals surface area contributed by atoms with Crippen molar-refractivity contribution in [3.05, 3.63) is 52.0 Å². The minimum Gasteiger partial charge on any atom is -0.486 e. The van der Waals surface area contributed by atoms with Crippen LogP contribution in [0.4, 0.5) is 0 Å². The molecule has 0 fully saturated rings. The molecule has 0 amide bonds. The zero-order valence-corrected chi connectivity index (χ0v) is 14.0. The van der Waals surface area contributed by atoms with Gasteiger partial charge in [0.2, 0.25) is 0 Å². The van der Waals surface area contributed by atoms with Crippen LogP contribution in [0, 0.1) is 11.3 Å². The third-order valence-corrected chi connectivity index (χ3v) is 4.88. The van der Waals surface area contributed by atoms with Gasteiger partial charge in [0.1, 0.15) is 24.3 Å². The zero-order chi connectivity index (χ0) is 16.5. The standard InChI is InChI=1S/C18H11ClN2O2S/c19-13-2-4-17-14(9-13)21-18(24-17)12(10-20)7-11-1-3-15-16(8-11)23-6-5-22-15/h1-4,7-9H,5-6H2. The Balaban J connectivity index is 1.74. The fraction of sp³-hybridized carbons (Fsp3) is 0.111. The van der Waals surface area contributed by atoms with Crippen molar-refractivity contribution in [1.29, 1.82) is 5.26 Å². The van der Waals surface area contributed by atoms with Crippen molar-refractivity contribution in [2.24, 2.45) is 0 Å². The van der Waals surface area contributed by atoms with Crippen LogP contribution >= 0.6 is 22.9 Å². The summed E-state index contributed by atoms with van der Waals surface area (Å²) in [5.41, 5.74) is 2.17. The van der Waals surface area contributed by atoms with Crippen molar-refractivity contribution in [2.45, 2.75) is 0 Å². The van der Waals surface area contributed by atoms with Gasteiger partial charge in [0.05, 0.1) is 15.8 Å². The molecule has 0 N–H and O–H groups in total. The summed E-state index contributed by atoms with van der Waals surface area (Å²) in [7, 11) is 0. The third-order valence-electron chi connectivity index (χ3n) is 3.58. The Bertz CT molecular complexity index is 1000. The number of nitrogens with zero attached hydrogens (tertiary/aromatic N) is 2. The van der Waals surface area contributed by atoms with E-state index in [1.807, 2.05) is 30.3 Å². The molecule has 0 saturated heterocycles. The number of allylic oxidation sites excluding steroid dienone is 1. The Labute approximate surface area is 147 Å². The first kappa shape index (κ1) is 15.0. The molecular formula is C18H11ClN2O2S. The Kier molecular flexibility index (Phi) is 3.85. The van der Waals surface area contributed by atoms with E-state index in [0.29, 0.717) is 34.6 Å². The van der Waals surface area contributed by atoms with Crippen molar-refractivity contribution in [2.75, 3.05) is 13.2 Å². The van der Waals surface area contributed by atoms with Crippen LogP contribution in [0.3, 0.4) is 0 Å². The lowest BCUT2D eigenvalue weighted by Crippen LogP contribution is -2.15. The molecule has 1 aliphatic rings. The van der Waals surface area contributed by atoms with E-state index in [4.69, 9.17) is 21.1 Å². The van der Waals surface area contributed by atoms with Crippen LogP contribution in [0.1, 0.15) is 10.6 Å². The minimum absolute atomic E-state index is 0.504. The molecule has 4 rings (SSSR count). The molecule has 1 aromatic heterocycles. The largest absolute Gasteiger partial charge is 0.486 e. The van der Waals surface area contributed by atoms with Crippen molar-refractivity contribution >= 4 is 44.8 Å². The van der Waals surface area contributed by atoms with Gasteiger partial charge in [-0.2, -0.15) is 5.26 Å². The van der Waals surface area contributed by atoms with E-state index in [0.717, 1.165) is 21.5 Å². The molecule has 0 spiro atoms. The Morgan fingerprint density at radius 3 is 2.83 bits per heavy atom. The van der Waals surface area contributed by atoms with Crippen LogP contribution in [0.15, 0.2) is 36.4 Å². The Morgan fingerprint density at radius 1 is 1.17 bits per heavy atom. The first-order chi connectivity index (χ1) is 11.7. The van der Waals surface area contributed by atoms with E-state index >= 15 is 0 Å². The summed E-state index contributed by atoms with van der Waals surface area (Å²) in [6.07, 6.45) is 1.80. The second-order valence-electron chi connectivity index (χ2n) is 5.20. The molecule has 4 nitrogen and oxygen atoms in total. The van der Waals surface area contributed by atoms with Gasteiger partial charge in [-0.05, 0) is 42.0 Å². The number of halogens is 1. The van der Waals surface area contributed by atoms with Crippen molar-refractivity contribution in [3.8, 4) is 17.6 Å². The average molecular weight is 355 g/mol. The Morgan fingerprint density at radius 2 is 2.00 bits per heavy atom. The monoisotopic (exact) mass is 354 g/mol.